The van der Waals surface area contributed by atoms with Gasteiger partial charge >= 0.3 is 0 Å². The minimum atomic E-state index is -0.0237. The molecule has 0 atom stereocenters. The number of aromatic hydroxyl groups is 1. The second kappa shape index (κ2) is 1.73. The van der Waals surface area contributed by atoms with Gasteiger partial charge in [-0.15, -0.1) is 0 Å². The van der Waals surface area contributed by atoms with Crippen LogP contribution in [0.25, 0.3) is 0 Å². The normalized spacial score (nSPS) is 9.29. The Kier molecular flexibility index (Phi) is 1.23. The number of furan rings is 1. The summed E-state index contributed by atoms with van der Waals surface area (Å²) >= 11 is 1.97. The molecule has 1 rings (SSSR count). The smallest absolute Gasteiger partial charge is 0.282 e. The maximum atomic E-state index is 8.48. The van der Waals surface area contributed by atoms with Crippen molar-refractivity contribution in [2.45, 2.75) is 0 Å². The summed E-state index contributed by atoms with van der Waals surface area (Å²) in [6.07, 6.45) is 0. The lowest BCUT2D eigenvalue weighted by Gasteiger charge is -1.74. The third-order valence-electron chi connectivity index (χ3n) is 0.559. The molecule has 1 heterocycles. The first-order valence-electron chi connectivity index (χ1n) is 1.73. The van der Waals surface area contributed by atoms with Crippen molar-refractivity contribution < 1.29 is 9.52 Å². The van der Waals surface area contributed by atoms with Crippen molar-refractivity contribution in [1.82, 2.24) is 0 Å². The van der Waals surface area contributed by atoms with Crippen molar-refractivity contribution in [3.05, 3.63) is 15.9 Å². The summed E-state index contributed by atoms with van der Waals surface area (Å²) in [6, 6.07) is 3.19. The Bertz CT molecular complexity index is 142. The molecule has 0 amide bonds. The van der Waals surface area contributed by atoms with Crippen molar-refractivity contribution in [2.24, 2.45) is 0 Å². The highest BCUT2D eigenvalue weighted by Crippen LogP contribution is 2.14. The zero-order valence-corrected chi connectivity index (χ0v) is 5.55. The van der Waals surface area contributed by atoms with Crippen LogP contribution in [0.4, 0.5) is 0 Å². The van der Waals surface area contributed by atoms with Gasteiger partial charge in [-0.2, -0.15) is 0 Å². The molecule has 0 saturated carbocycles. The van der Waals surface area contributed by atoms with E-state index in [9.17, 15) is 0 Å². The van der Waals surface area contributed by atoms with Crippen molar-refractivity contribution in [3.8, 4) is 5.95 Å². The molecule has 1 aromatic heterocycles. The summed E-state index contributed by atoms with van der Waals surface area (Å²) in [4.78, 5) is 0. The van der Waals surface area contributed by atoms with E-state index in [4.69, 9.17) is 5.11 Å². The molecule has 0 saturated heterocycles. The summed E-state index contributed by atoms with van der Waals surface area (Å²) < 4.78 is 5.33. The molecule has 1 aromatic rings. The molecule has 0 radical (unpaired) electrons. The zero-order chi connectivity index (χ0) is 5.28. The van der Waals surface area contributed by atoms with Crippen LogP contribution in [0.2, 0.25) is 0 Å². The van der Waals surface area contributed by atoms with Gasteiger partial charge in [0.05, 0.1) is 0 Å². The number of rotatable bonds is 0. The Balaban J connectivity index is 3.04. The van der Waals surface area contributed by atoms with E-state index in [-0.39, 0.29) is 5.95 Å². The summed E-state index contributed by atoms with van der Waals surface area (Å²) in [5.41, 5.74) is 0. The van der Waals surface area contributed by atoms with E-state index in [1.165, 1.54) is 6.07 Å². The second-order valence-corrected chi connectivity index (χ2v) is 2.14. The van der Waals surface area contributed by atoms with Gasteiger partial charge in [0.15, 0.2) is 3.77 Å². The molecule has 38 valence electrons. The maximum absolute atomic E-state index is 8.48. The molecule has 3 heteroatoms. The standard InChI is InChI=1S/C4H3IO2/c5-3-1-2-4(6)7-3/h1-2,6H. The fourth-order valence-electron chi connectivity index (χ4n) is 0.305. The van der Waals surface area contributed by atoms with Crippen molar-refractivity contribution >= 4 is 22.6 Å². The van der Waals surface area contributed by atoms with Gasteiger partial charge in [0.25, 0.3) is 5.95 Å². The summed E-state index contributed by atoms with van der Waals surface area (Å²) in [6.45, 7) is 0. The van der Waals surface area contributed by atoms with E-state index in [2.05, 4.69) is 4.42 Å². The highest BCUT2D eigenvalue weighted by atomic mass is 127. The molecule has 0 aromatic carbocycles. The average molecular weight is 210 g/mol. The highest BCUT2D eigenvalue weighted by Gasteiger charge is 1.90. The molecule has 0 fully saturated rings. The van der Waals surface area contributed by atoms with E-state index in [1.54, 1.807) is 6.07 Å². The van der Waals surface area contributed by atoms with Crippen LogP contribution in [0.15, 0.2) is 16.5 Å². The van der Waals surface area contributed by atoms with Crippen LogP contribution in [-0.2, 0) is 0 Å². The molecule has 0 aliphatic carbocycles. The fourth-order valence-corrected chi connectivity index (χ4v) is 0.710. The van der Waals surface area contributed by atoms with Crippen LogP contribution in [-0.4, -0.2) is 5.11 Å². The third kappa shape index (κ3) is 1.09. The largest absolute Gasteiger partial charge is 0.481 e. The fraction of sp³-hybridized carbons (Fsp3) is 0. The van der Waals surface area contributed by atoms with Crippen molar-refractivity contribution in [2.75, 3.05) is 0 Å². The Morgan fingerprint density at radius 3 is 2.43 bits per heavy atom. The lowest BCUT2D eigenvalue weighted by atomic mass is 10.7. The quantitative estimate of drug-likeness (QED) is 0.659. The van der Waals surface area contributed by atoms with Gasteiger partial charge in [-0.3, -0.25) is 0 Å². The van der Waals surface area contributed by atoms with Gasteiger partial charge < -0.3 is 9.52 Å². The van der Waals surface area contributed by atoms with Crippen LogP contribution < -0.4 is 0 Å². The summed E-state index contributed by atoms with van der Waals surface area (Å²) in [5, 5.41) is 8.48. The lowest BCUT2D eigenvalue weighted by Crippen LogP contribution is -1.47. The predicted molar refractivity (Wildman–Crippen MR) is 33.1 cm³/mol. The second-order valence-electron chi connectivity index (χ2n) is 1.08. The Morgan fingerprint density at radius 2 is 2.29 bits per heavy atom. The van der Waals surface area contributed by atoms with Crippen LogP contribution in [0.1, 0.15) is 0 Å². The molecule has 0 spiro atoms. The number of hydrogen-bond donors (Lipinski definition) is 1. The van der Waals surface area contributed by atoms with Gasteiger partial charge in [0.1, 0.15) is 0 Å². The van der Waals surface area contributed by atoms with Crippen LogP contribution in [0.5, 0.6) is 5.95 Å². The molecule has 1 N–H and O–H groups in total. The van der Waals surface area contributed by atoms with E-state index in [0.29, 0.717) is 3.77 Å². The Morgan fingerprint density at radius 1 is 1.57 bits per heavy atom. The van der Waals surface area contributed by atoms with Crippen LogP contribution >= 0.6 is 22.6 Å². The maximum Gasteiger partial charge on any atom is 0.282 e. The third-order valence-corrected chi connectivity index (χ3v) is 1.14. The van der Waals surface area contributed by atoms with E-state index < -0.39 is 0 Å². The number of hydrogen-bond acceptors (Lipinski definition) is 2. The molecular weight excluding hydrogens is 207 g/mol. The zero-order valence-electron chi connectivity index (χ0n) is 3.39. The minimum Gasteiger partial charge on any atom is -0.481 e. The van der Waals surface area contributed by atoms with E-state index in [1.807, 2.05) is 22.6 Å². The Labute approximate surface area is 54.3 Å². The van der Waals surface area contributed by atoms with Gasteiger partial charge in [0.2, 0.25) is 0 Å². The molecule has 2 nitrogen and oxygen atoms in total. The monoisotopic (exact) mass is 210 g/mol. The molecule has 0 bridgehead atoms. The highest BCUT2D eigenvalue weighted by molar-refractivity contribution is 14.1. The Hall–Kier alpha value is -0.190. The predicted octanol–water partition coefficient (Wildman–Crippen LogP) is 1.59. The first-order chi connectivity index (χ1) is 3.29. The van der Waals surface area contributed by atoms with Gasteiger partial charge in [-0.1, -0.05) is 0 Å². The molecule has 0 aliphatic heterocycles. The molecular formula is C4H3IO2. The number of halogens is 1. The topological polar surface area (TPSA) is 33.4 Å². The minimum absolute atomic E-state index is 0.0237. The van der Waals surface area contributed by atoms with Crippen molar-refractivity contribution in [3.63, 3.8) is 0 Å². The van der Waals surface area contributed by atoms with E-state index in [0.717, 1.165) is 0 Å². The van der Waals surface area contributed by atoms with Gasteiger partial charge in [-0.05, 0) is 28.7 Å². The van der Waals surface area contributed by atoms with E-state index >= 15 is 0 Å². The molecule has 0 aliphatic rings. The van der Waals surface area contributed by atoms with Crippen LogP contribution in [0.3, 0.4) is 0 Å². The first kappa shape index (κ1) is 4.96. The molecule has 0 unspecified atom stereocenters. The van der Waals surface area contributed by atoms with Gasteiger partial charge in [-0.25, -0.2) is 0 Å². The van der Waals surface area contributed by atoms with Crippen LogP contribution in [0, 0.1) is 3.77 Å². The van der Waals surface area contributed by atoms with Crippen molar-refractivity contribution in [1.29, 1.82) is 0 Å². The lowest BCUT2D eigenvalue weighted by molar-refractivity contribution is 0.323. The van der Waals surface area contributed by atoms with Gasteiger partial charge in [0, 0.05) is 6.07 Å². The summed E-state index contributed by atoms with van der Waals surface area (Å²) in [7, 11) is 0. The summed E-state index contributed by atoms with van der Waals surface area (Å²) in [5.74, 6) is -0.0237. The average Bonchev–Trinajstić information content (AvgIpc) is 1.87. The molecule has 7 heavy (non-hydrogen) atoms. The SMILES string of the molecule is Oc1ccc(I)o1. The first-order valence-corrected chi connectivity index (χ1v) is 2.81.